The second-order valence-corrected chi connectivity index (χ2v) is 4.27. The van der Waals surface area contributed by atoms with E-state index < -0.39 is 9.84 Å². The molecule has 0 saturated carbocycles. The number of aryl methyl sites for hydroxylation is 1. The molecule has 0 radical (unpaired) electrons. The first-order valence-electron chi connectivity index (χ1n) is 3.56. The largest absolute Gasteiger partial charge is 0.374 e. The van der Waals surface area contributed by atoms with Crippen LogP contribution in [0.4, 0.5) is 0 Å². The van der Waals surface area contributed by atoms with Gasteiger partial charge in [0.15, 0.2) is 0 Å². The molecule has 68 valence electrons. The van der Waals surface area contributed by atoms with Crippen molar-refractivity contribution in [3.63, 3.8) is 0 Å². The van der Waals surface area contributed by atoms with Gasteiger partial charge in [-0.25, -0.2) is 8.42 Å². The zero-order chi connectivity index (χ0) is 9.90. The number of nitrogens with zero attached hydrogens (tertiary/aromatic N) is 2. The minimum atomic E-state index is -3.58. The van der Waals surface area contributed by atoms with Gasteiger partial charge in [0, 0.05) is 0 Å². The maximum absolute atomic E-state index is 11.3. The van der Waals surface area contributed by atoms with Crippen molar-refractivity contribution in [1.29, 1.82) is 0 Å². The molecule has 0 amide bonds. The van der Waals surface area contributed by atoms with Gasteiger partial charge in [-0.05, 0) is 18.6 Å². The lowest BCUT2D eigenvalue weighted by Gasteiger charge is -1.98. The van der Waals surface area contributed by atoms with E-state index in [1.54, 1.807) is 25.1 Å². The molecule has 0 heterocycles. The van der Waals surface area contributed by atoms with E-state index in [2.05, 4.69) is 4.79 Å². The first kappa shape index (κ1) is 9.64. The molecule has 4 nitrogen and oxygen atoms in total. The predicted octanol–water partition coefficient (Wildman–Crippen LogP) is 1.03. The molecule has 0 fully saturated rings. The van der Waals surface area contributed by atoms with Crippen LogP contribution in [-0.4, -0.2) is 18.8 Å². The van der Waals surface area contributed by atoms with Crippen LogP contribution >= 0.6 is 0 Å². The zero-order valence-corrected chi connectivity index (χ0v) is 7.82. The summed E-state index contributed by atoms with van der Waals surface area (Å²) in [4.78, 5) is 2.67. The van der Waals surface area contributed by atoms with Gasteiger partial charge in [-0.1, -0.05) is 18.2 Å². The Bertz CT molecular complexity index is 459. The Hall–Kier alpha value is -1.45. The van der Waals surface area contributed by atoms with E-state index in [4.69, 9.17) is 5.53 Å². The molecule has 0 atom stereocenters. The van der Waals surface area contributed by atoms with Crippen LogP contribution in [0.2, 0.25) is 0 Å². The second-order valence-electron chi connectivity index (χ2n) is 2.53. The third-order valence-electron chi connectivity index (χ3n) is 1.59. The Kier molecular flexibility index (Phi) is 2.60. The molecule has 0 aliphatic heterocycles. The fraction of sp³-hybridized carbons (Fsp3) is 0.125. The highest BCUT2D eigenvalue weighted by molar-refractivity contribution is 8.04. The van der Waals surface area contributed by atoms with Crippen LogP contribution in [0.25, 0.3) is 5.53 Å². The molecule has 0 aliphatic rings. The van der Waals surface area contributed by atoms with Crippen LogP contribution in [0, 0.1) is 6.92 Å². The number of hydrogen-bond acceptors (Lipinski definition) is 2. The highest BCUT2D eigenvalue weighted by Crippen LogP contribution is 2.13. The maximum atomic E-state index is 11.3. The Morgan fingerprint density at radius 3 is 2.54 bits per heavy atom. The fourth-order valence-corrected chi connectivity index (χ4v) is 2.02. The Labute approximate surface area is 76.4 Å². The molecule has 5 heteroatoms. The second kappa shape index (κ2) is 3.51. The lowest BCUT2D eigenvalue weighted by atomic mass is 10.2. The average molecular weight is 196 g/mol. The minimum Gasteiger partial charge on any atom is -0.361 e. The normalized spacial score (nSPS) is 10.5. The van der Waals surface area contributed by atoms with E-state index in [9.17, 15) is 8.42 Å². The summed E-state index contributed by atoms with van der Waals surface area (Å²) in [6, 6.07) is 6.50. The third-order valence-corrected chi connectivity index (χ3v) is 3.03. The van der Waals surface area contributed by atoms with E-state index >= 15 is 0 Å². The molecule has 0 bridgehead atoms. The fourth-order valence-electron chi connectivity index (χ4n) is 0.994. The summed E-state index contributed by atoms with van der Waals surface area (Å²) < 4.78 is 22.7. The standard InChI is InChI=1S/C8H8N2O2S/c1-7-4-2-3-5-8(7)13(11,12)6-10-9/h2-6H,1H3. The molecule has 13 heavy (non-hydrogen) atoms. The molecule has 0 saturated heterocycles. The van der Waals surface area contributed by atoms with Crippen molar-refractivity contribution < 1.29 is 13.2 Å². The van der Waals surface area contributed by atoms with Crippen LogP contribution in [0.5, 0.6) is 0 Å². The molecule has 1 rings (SSSR count). The van der Waals surface area contributed by atoms with Gasteiger partial charge >= 0.3 is 5.55 Å². The quantitative estimate of drug-likeness (QED) is 0.307. The van der Waals surface area contributed by atoms with Crippen LogP contribution in [0.1, 0.15) is 5.56 Å². The summed E-state index contributed by atoms with van der Waals surface area (Å²) in [5.41, 5.74) is 9.29. The van der Waals surface area contributed by atoms with Crippen molar-refractivity contribution in [3.8, 4) is 0 Å². The topological polar surface area (TPSA) is 70.5 Å². The summed E-state index contributed by atoms with van der Waals surface area (Å²) in [5.74, 6) is 0. The maximum Gasteiger partial charge on any atom is 0.374 e. The molecule has 0 aromatic heterocycles. The molecule has 0 unspecified atom stereocenters. The predicted molar refractivity (Wildman–Crippen MR) is 48.0 cm³/mol. The first-order valence-corrected chi connectivity index (χ1v) is 5.11. The first-order chi connectivity index (χ1) is 6.08. The summed E-state index contributed by atoms with van der Waals surface area (Å²) in [6.45, 7) is 1.68. The smallest absolute Gasteiger partial charge is 0.361 e. The van der Waals surface area contributed by atoms with Crippen molar-refractivity contribution in [2.75, 3.05) is 0 Å². The van der Waals surface area contributed by atoms with Crippen molar-refractivity contribution >= 4 is 15.4 Å². The van der Waals surface area contributed by atoms with E-state index in [1.165, 1.54) is 6.07 Å². The van der Waals surface area contributed by atoms with E-state index in [0.717, 1.165) is 0 Å². The molecule has 1 aromatic carbocycles. The Balaban J connectivity index is 3.39. The third kappa shape index (κ3) is 2.02. The van der Waals surface area contributed by atoms with Crippen LogP contribution in [0.3, 0.4) is 0 Å². The minimum absolute atomic E-state index is 0.160. The monoisotopic (exact) mass is 196 g/mol. The SMILES string of the molecule is Cc1ccccc1S(=O)(=O)C=[N+]=[N-]. The number of rotatable bonds is 2. The van der Waals surface area contributed by atoms with Crippen LogP contribution < -0.4 is 0 Å². The van der Waals surface area contributed by atoms with Gasteiger partial charge in [-0.2, -0.15) is 4.79 Å². The van der Waals surface area contributed by atoms with Crippen molar-refractivity contribution in [2.45, 2.75) is 11.8 Å². The van der Waals surface area contributed by atoms with Crippen molar-refractivity contribution in [3.05, 3.63) is 35.4 Å². The highest BCUT2D eigenvalue weighted by atomic mass is 32.2. The lowest BCUT2D eigenvalue weighted by Crippen LogP contribution is -2.04. The zero-order valence-electron chi connectivity index (χ0n) is 7.01. The molecule has 0 spiro atoms. The van der Waals surface area contributed by atoms with Gasteiger partial charge < -0.3 is 5.53 Å². The lowest BCUT2D eigenvalue weighted by molar-refractivity contribution is 0.00753. The van der Waals surface area contributed by atoms with E-state index in [0.29, 0.717) is 11.1 Å². The van der Waals surface area contributed by atoms with Crippen LogP contribution in [-0.2, 0) is 9.84 Å². The van der Waals surface area contributed by atoms with Gasteiger partial charge in [0.1, 0.15) is 0 Å². The van der Waals surface area contributed by atoms with Crippen molar-refractivity contribution in [1.82, 2.24) is 0 Å². The summed E-state index contributed by atoms with van der Waals surface area (Å²) in [7, 11) is -3.58. The van der Waals surface area contributed by atoms with Gasteiger partial charge in [0.05, 0.1) is 4.90 Å². The van der Waals surface area contributed by atoms with Gasteiger partial charge in [0.25, 0.3) is 9.84 Å². The molecular weight excluding hydrogens is 188 g/mol. The van der Waals surface area contributed by atoms with E-state index in [-0.39, 0.29) is 4.90 Å². The van der Waals surface area contributed by atoms with Gasteiger partial charge in [-0.3, -0.25) is 0 Å². The molecule has 1 aromatic rings. The van der Waals surface area contributed by atoms with E-state index in [1.807, 2.05) is 0 Å². The Morgan fingerprint density at radius 2 is 2.00 bits per heavy atom. The number of benzene rings is 1. The average Bonchev–Trinajstić information content (AvgIpc) is 2.04. The highest BCUT2D eigenvalue weighted by Gasteiger charge is 2.17. The van der Waals surface area contributed by atoms with Crippen LogP contribution in [0.15, 0.2) is 29.2 Å². The number of sulfone groups is 1. The summed E-state index contributed by atoms with van der Waals surface area (Å²) >= 11 is 0. The van der Waals surface area contributed by atoms with Gasteiger partial charge in [0.2, 0.25) is 0 Å². The summed E-state index contributed by atoms with van der Waals surface area (Å²) in [6.07, 6.45) is 0. The molecular formula is C8H8N2O2S. The molecule has 0 aliphatic carbocycles. The Morgan fingerprint density at radius 1 is 1.38 bits per heavy atom. The van der Waals surface area contributed by atoms with Crippen molar-refractivity contribution in [2.24, 2.45) is 0 Å². The van der Waals surface area contributed by atoms with Gasteiger partial charge in [-0.15, -0.1) is 0 Å². The number of hydrogen-bond donors (Lipinski definition) is 0. The molecule has 0 N–H and O–H groups in total. The summed E-state index contributed by atoms with van der Waals surface area (Å²) in [5, 5.41) is 0.